The third-order valence-electron chi connectivity index (χ3n) is 3.53. The Morgan fingerprint density at radius 3 is 2.77 bits per heavy atom. The average molecular weight is 295 g/mol. The molecule has 0 N–H and O–H groups in total. The summed E-state index contributed by atoms with van der Waals surface area (Å²) in [6.07, 6.45) is 3.62. The van der Waals surface area contributed by atoms with Crippen LogP contribution in [0.25, 0.3) is 5.65 Å². The van der Waals surface area contributed by atoms with E-state index >= 15 is 0 Å². The Labute approximate surface area is 128 Å². The van der Waals surface area contributed by atoms with Gasteiger partial charge in [-0.3, -0.25) is 4.79 Å². The molecule has 0 fully saturated rings. The molecule has 0 aliphatic heterocycles. The van der Waals surface area contributed by atoms with Crippen molar-refractivity contribution in [2.24, 2.45) is 0 Å². The van der Waals surface area contributed by atoms with E-state index in [0.29, 0.717) is 12.2 Å². The number of para-hydroxylation sites is 1. The molecule has 5 nitrogen and oxygen atoms in total. The van der Waals surface area contributed by atoms with Crippen molar-refractivity contribution in [3.05, 3.63) is 66.1 Å². The van der Waals surface area contributed by atoms with Crippen molar-refractivity contribution >= 4 is 11.6 Å². The number of benzene rings is 1. The van der Waals surface area contributed by atoms with E-state index in [9.17, 15) is 4.79 Å². The Kier molecular flexibility index (Phi) is 3.78. The first kappa shape index (κ1) is 14.1. The van der Waals surface area contributed by atoms with Gasteiger partial charge in [0.2, 0.25) is 0 Å². The normalized spacial score (nSPS) is 10.6. The highest BCUT2D eigenvalue weighted by molar-refractivity contribution is 5.92. The van der Waals surface area contributed by atoms with Crippen LogP contribution in [0.5, 0.6) is 5.75 Å². The van der Waals surface area contributed by atoms with Crippen molar-refractivity contribution < 1.29 is 9.53 Å². The second kappa shape index (κ2) is 5.89. The molecular formula is C17H17N3O2. The molecule has 112 valence electrons. The number of imidazole rings is 1. The maximum Gasteiger partial charge on any atom is 0.274 e. The summed E-state index contributed by atoms with van der Waals surface area (Å²) < 4.78 is 7.16. The Balaban J connectivity index is 1.82. The Morgan fingerprint density at radius 1 is 1.23 bits per heavy atom. The summed E-state index contributed by atoms with van der Waals surface area (Å²) in [5.74, 6) is 0.659. The molecule has 1 aromatic carbocycles. The van der Waals surface area contributed by atoms with Gasteiger partial charge in [0.25, 0.3) is 5.91 Å². The highest BCUT2D eigenvalue weighted by atomic mass is 16.5. The summed E-state index contributed by atoms with van der Waals surface area (Å²) >= 11 is 0. The number of amides is 1. The lowest BCUT2D eigenvalue weighted by atomic mass is 10.2. The van der Waals surface area contributed by atoms with E-state index in [2.05, 4.69) is 4.98 Å². The van der Waals surface area contributed by atoms with Crippen LogP contribution in [0.2, 0.25) is 0 Å². The van der Waals surface area contributed by atoms with Crippen LogP contribution in [-0.2, 0) is 6.54 Å². The van der Waals surface area contributed by atoms with Gasteiger partial charge in [-0.25, -0.2) is 4.98 Å². The van der Waals surface area contributed by atoms with Gasteiger partial charge in [0.15, 0.2) is 0 Å². The summed E-state index contributed by atoms with van der Waals surface area (Å²) in [6.45, 7) is 0.469. The smallest absolute Gasteiger partial charge is 0.274 e. The zero-order valence-corrected chi connectivity index (χ0v) is 12.6. The molecule has 2 aromatic heterocycles. The lowest BCUT2D eigenvalue weighted by Gasteiger charge is -2.17. The molecule has 1 amide bonds. The van der Waals surface area contributed by atoms with Crippen LogP contribution in [0, 0.1) is 0 Å². The van der Waals surface area contributed by atoms with E-state index in [1.165, 1.54) is 0 Å². The van der Waals surface area contributed by atoms with Gasteiger partial charge in [-0.05, 0) is 18.2 Å². The number of carbonyl (C=O) groups is 1. The first-order chi connectivity index (χ1) is 10.7. The fourth-order valence-electron chi connectivity index (χ4n) is 2.39. The number of fused-ring (bicyclic) bond motifs is 1. The number of aromatic nitrogens is 2. The topological polar surface area (TPSA) is 46.8 Å². The van der Waals surface area contributed by atoms with Crippen LogP contribution < -0.4 is 4.74 Å². The third kappa shape index (κ3) is 2.65. The molecule has 22 heavy (non-hydrogen) atoms. The molecule has 0 atom stereocenters. The lowest BCUT2D eigenvalue weighted by molar-refractivity contribution is 0.0779. The molecule has 0 aliphatic carbocycles. The Bertz CT molecular complexity index is 777. The molecule has 0 radical (unpaired) electrons. The number of carbonyl (C=O) groups excluding carboxylic acids is 1. The average Bonchev–Trinajstić information content (AvgIpc) is 2.98. The van der Waals surface area contributed by atoms with Gasteiger partial charge in [0, 0.05) is 31.5 Å². The summed E-state index contributed by atoms with van der Waals surface area (Å²) in [7, 11) is 3.39. The van der Waals surface area contributed by atoms with Crippen LogP contribution in [0.4, 0.5) is 0 Å². The number of hydrogen-bond donors (Lipinski definition) is 0. The van der Waals surface area contributed by atoms with E-state index in [4.69, 9.17) is 4.74 Å². The summed E-state index contributed by atoms with van der Waals surface area (Å²) in [5, 5.41) is 0. The molecule has 5 heteroatoms. The molecule has 3 rings (SSSR count). The van der Waals surface area contributed by atoms with Crippen LogP contribution in [0.15, 0.2) is 54.9 Å². The second-order valence-corrected chi connectivity index (χ2v) is 5.07. The molecule has 0 saturated heterocycles. The highest BCUT2D eigenvalue weighted by Crippen LogP contribution is 2.19. The predicted molar refractivity (Wildman–Crippen MR) is 84.0 cm³/mol. The van der Waals surface area contributed by atoms with Crippen molar-refractivity contribution in [3.63, 3.8) is 0 Å². The summed E-state index contributed by atoms with van der Waals surface area (Å²) in [4.78, 5) is 18.5. The summed E-state index contributed by atoms with van der Waals surface area (Å²) in [5.41, 5.74) is 2.16. The van der Waals surface area contributed by atoms with E-state index in [0.717, 1.165) is 17.0 Å². The Hall–Kier alpha value is -2.82. The number of hydrogen-bond acceptors (Lipinski definition) is 3. The van der Waals surface area contributed by atoms with Gasteiger partial charge >= 0.3 is 0 Å². The fraction of sp³-hybridized carbons (Fsp3) is 0.176. The second-order valence-electron chi connectivity index (χ2n) is 5.07. The van der Waals surface area contributed by atoms with Gasteiger partial charge in [0.05, 0.1) is 7.11 Å². The first-order valence-electron chi connectivity index (χ1n) is 7.00. The molecule has 0 saturated carbocycles. The maximum atomic E-state index is 12.5. The maximum absolute atomic E-state index is 12.5. The van der Waals surface area contributed by atoms with Crippen molar-refractivity contribution in [2.75, 3.05) is 14.2 Å². The van der Waals surface area contributed by atoms with Crippen molar-refractivity contribution in [3.8, 4) is 5.75 Å². The van der Waals surface area contributed by atoms with Crippen LogP contribution >= 0.6 is 0 Å². The molecule has 0 spiro atoms. The minimum atomic E-state index is -0.116. The van der Waals surface area contributed by atoms with Crippen molar-refractivity contribution in [1.82, 2.24) is 14.3 Å². The van der Waals surface area contributed by atoms with Crippen LogP contribution in [0.3, 0.4) is 0 Å². The quantitative estimate of drug-likeness (QED) is 0.743. The lowest BCUT2D eigenvalue weighted by Crippen LogP contribution is -2.26. The SMILES string of the molecule is COc1ccccc1CN(C)C(=O)c1cn2ccccc2n1. The van der Waals surface area contributed by atoms with Crippen LogP contribution in [-0.4, -0.2) is 34.3 Å². The van der Waals surface area contributed by atoms with Gasteiger partial charge in [-0.2, -0.15) is 0 Å². The molecule has 0 aliphatic rings. The van der Waals surface area contributed by atoms with E-state index in [1.54, 1.807) is 25.3 Å². The number of rotatable bonds is 4. The summed E-state index contributed by atoms with van der Waals surface area (Å²) in [6, 6.07) is 13.4. The number of nitrogens with zero attached hydrogens (tertiary/aromatic N) is 3. The van der Waals surface area contributed by atoms with E-state index in [-0.39, 0.29) is 5.91 Å². The zero-order valence-electron chi connectivity index (χ0n) is 12.6. The first-order valence-corrected chi connectivity index (χ1v) is 7.00. The van der Waals surface area contributed by atoms with Gasteiger partial charge in [-0.15, -0.1) is 0 Å². The predicted octanol–water partition coefficient (Wildman–Crippen LogP) is 2.62. The van der Waals surface area contributed by atoms with E-state index in [1.807, 2.05) is 53.1 Å². The minimum absolute atomic E-state index is 0.116. The monoisotopic (exact) mass is 295 g/mol. The van der Waals surface area contributed by atoms with Gasteiger partial charge in [0.1, 0.15) is 17.1 Å². The Morgan fingerprint density at radius 2 is 2.00 bits per heavy atom. The van der Waals surface area contributed by atoms with Gasteiger partial charge in [-0.1, -0.05) is 24.3 Å². The van der Waals surface area contributed by atoms with Crippen molar-refractivity contribution in [2.45, 2.75) is 6.54 Å². The zero-order chi connectivity index (χ0) is 15.5. The molecule has 0 bridgehead atoms. The molecule has 3 aromatic rings. The molecule has 0 unspecified atom stereocenters. The third-order valence-corrected chi connectivity index (χ3v) is 3.53. The molecular weight excluding hydrogens is 278 g/mol. The van der Waals surface area contributed by atoms with Gasteiger partial charge < -0.3 is 14.0 Å². The van der Waals surface area contributed by atoms with Crippen LogP contribution in [0.1, 0.15) is 16.1 Å². The number of ether oxygens (including phenoxy) is 1. The minimum Gasteiger partial charge on any atom is -0.496 e. The largest absolute Gasteiger partial charge is 0.496 e. The number of pyridine rings is 1. The van der Waals surface area contributed by atoms with Crippen molar-refractivity contribution in [1.29, 1.82) is 0 Å². The molecule has 2 heterocycles. The number of methoxy groups -OCH3 is 1. The standard InChI is InChI=1S/C17H17N3O2/c1-19(11-13-7-3-4-8-15(13)22-2)17(21)14-12-20-10-6-5-9-16(20)18-14/h3-10,12H,11H2,1-2H3. The highest BCUT2D eigenvalue weighted by Gasteiger charge is 2.16. The van der Waals surface area contributed by atoms with E-state index < -0.39 is 0 Å². The fourth-order valence-corrected chi connectivity index (χ4v) is 2.39.